The highest BCUT2D eigenvalue weighted by Crippen LogP contribution is 2.43. The van der Waals surface area contributed by atoms with Gasteiger partial charge in [-0.2, -0.15) is 5.26 Å². The summed E-state index contributed by atoms with van der Waals surface area (Å²) in [5.74, 6) is 1.36. The number of fused-ring (bicyclic) bond motifs is 1. The van der Waals surface area contributed by atoms with Gasteiger partial charge in [0.2, 0.25) is 0 Å². The molecule has 0 saturated heterocycles. The maximum absolute atomic E-state index is 9.22. The Morgan fingerprint density at radius 2 is 2.14 bits per heavy atom. The summed E-state index contributed by atoms with van der Waals surface area (Å²) in [6, 6.07) is 8.42. The Morgan fingerprint density at radius 1 is 1.32 bits per heavy atom. The number of rotatable bonds is 4. The topological polar surface area (TPSA) is 32.0 Å². The highest BCUT2D eigenvalue weighted by atomic mass is 15.1. The van der Waals surface area contributed by atoms with Gasteiger partial charge in [0.1, 0.15) is 0 Å². The lowest BCUT2D eigenvalue weighted by Crippen LogP contribution is -2.23. The molecule has 0 bridgehead atoms. The summed E-state index contributed by atoms with van der Waals surface area (Å²) in [7, 11) is 4.33. The van der Waals surface area contributed by atoms with Crippen molar-refractivity contribution in [2.24, 2.45) is 5.92 Å². The molecule has 116 valence electrons. The summed E-state index contributed by atoms with van der Waals surface area (Å²) < 4.78 is 2.33. The average Bonchev–Trinajstić information content (AvgIpc) is 3.09. The molecule has 0 spiro atoms. The summed E-state index contributed by atoms with van der Waals surface area (Å²) in [6.07, 6.45) is 6.25. The Morgan fingerprint density at radius 3 is 2.82 bits per heavy atom. The fourth-order valence-corrected chi connectivity index (χ4v) is 4.09. The second-order valence-corrected chi connectivity index (χ2v) is 6.77. The molecule has 1 heterocycles. The highest BCUT2D eigenvalue weighted by molar-refractivity contribution is 5.86. The molecule has 3 rings (SSSR count). The minimum Gasteiger partial charge on any atom is -0.347 e. The number of nitrogens with zero attached hydrogens (tertiary/aromatic N) is 3. The van der Waals surface area contributed by atoms with E-state index in [1.807, 2.05) is 6.07 Å². The van der Waals surface area contributed by atoms with Crippen molar-refractivity contribution in [3.05, 3.63) is 35.5 Å². The van der Waals surface area contributed by atoms with Crippen LogP contribution in [0.1, 0.15) is 43.2 Å². The lowest BCUT2D eigenvalue weighted by Gasteiger charge is -2.23. The fraction of sp³-hybridized carbons (Fsp3) is 0.526. The van der Waals surface area contributed by atoms with Crippen LogP contribution < -0.4 is 0 Å². The molecule has 1 aromatic carbocycles. The van der Waals surface area contributed by atoms with Crippen molar-refractivity contribution in [2.45, 2.75) is 38.6 Å². The summed E-state index contributed by atoms with van der Waals surface area (Å²) in [4.78, 5) is 2.31. The van der Waals surface area contributed by atoms with Crippen LogP contribution in [0.15, 0.2) is 24.4 Å². The van der Waals surface area contributed by atoms with Gasteiger partial charge in [0, 0.05) is 30.2 Å². The van der Waals surface area contributed by atoms with E-state index >= 15 is 0 Å². The first-order valence-electron chi connectivity index (χ1n) is 8.31. The quantitative estimate of drug-likeness (QED) is 0.854. The molecule has 1 fully saturated rings. The van der Waals surface area contributed by atoms with Crippen molar-refractivity contribution >= 4 is 10.9 Å². The molecule has 1 aliphatic carbocycles. The van der Waals surface area contributed by atoms with Crippen LogP contribution in [0.4, 0.5) is 0 Å². The van der Waals surface area contributed by atoms with Crippen LogP contribution in [0.2, 0.25) is 0 Å². The lowest BCUT2D eigenvalue weighted by atomic mass is 9.88. The van der Waals surface area contributed by atoms with E-state index in [0.29, 0.717) is 5.92 Å². The predicted molar refractivity (Wildman–Crippen MR) is 91.0 cm³/mol. The number of benzene rings is 1. The predicted octanol–water partition coefficient (Wildman–Crippen LogP) is 3.98. The monoisotopic (exact) mass is 295 g/mol. The molecule has 0 aliphatic heterocycles. The maximum atomic E-state index is 9.22. The molecule has 1 saturated carbocycles. The van der Waals surface area contributed by atoms with Crippen molar-refractivity contribution < 1.29 is 0 Å². The van der Waals surface area contributed by atoms with E-state index in [0.717, 1.165) is 24.6 Å². The van der Waals surface area contributed by atoms with Gasteiger partial charge in [-0.15, -0.1) is 0 Å². The van der Waals surface area contributed by atoms with E-state index in [2.05, 4.69) is 54.9 Å². The number of aromatic nitrogens is 1. The molecule has 2 atom stereocenters. The standard InChI is InChI=1S/C19H25N3/c1-4-22-13-18(16-7-5-6-15(16)12-21(2)3)17-10-14(11-20)8-9-19(17)22/h8-10,13,15-16H,4-7,12H2,1-3H3/t15-,16+/m1/s1. The lowest BCUT2D eigenvalue weighted by molar-refractivity contribution is 0.310. The zero-order valence-electron chi connectivity index (χ0n) is 13.8. The van der Waals surface area contributed by atoms with Crippen molar-refractivity contribution in [1.82, 2.24) is 9.47 Å². The largest absolute Gasteiger partial charge is 0.347 e. The van der Waals surface area contributed by atoms with E-state index in [-0.39, 0.29) is 0 Å². The minimum atomic E-state index is 0.631. The molecule has 3 heteroatoms. The Kier molecular flexibility index (Phi) is 4.22. The molecule has 1 aromatic heterocycles. The van der Waals surface area contributed by atoms with E-state index in [1.165, 1.54) is 35.7 Å². The smallest absolute Gasteiger partial charge is 0.0991 e. The Bertz CT molecular complexity index is 705. The first-order valence-corrected chi connectivity index (χ1v) is 8.31. The average molecular weight is 295 g/mol. The second-order valence-electron chi connectivity index (χ2n) is 6.77. The SMILES string of the molecule is CCn1cc([C@H]2CCC[C@@H]2CN(C)C)c2cc(C#N)ccc21. The molecule has 3 nitrogen and oxygen atoms in total. The number of nitriles is 1. The molecule has 0 radical (unpaired) electrons. The summed E-state index contributed by atoms with van der Waals surface area (Å²) in [6.45, 7) is 4.32. The van der Waals surface area contributed by atoms with Gasteiger partial charge >= 0.3 is 0 Å². The summed E-state index contributed by atoms with van der Waals surface area (Å²) >= 11 is 0. The van der Waals surface area contributed by atoms with Crippen LogP contribution in [-0.4, -0.2) is 30.1 Å². The van der Waals surface area contributed by atoms with Crippen LogP contribution >= 0.6 is 0 Å². The summed E-state index contributed by atoms with van der Waals surface area (Å²) in [5, 5.41) is 10.5. The van der Waals surface area contributed by atoms with Crippen molar-refractivity contribution in [3.8, 4) is 6.07 Å². The van der Waals surface area contributed by atoms with Crippen LogP contribution in [0.25, 0.3) is 10.9 Å². The minimum absolute atomic E-state index is 0.631. The number of aryl methyl sites for hydroxylation is 1. The third kappa shape index (κ3) is 2.64. The van der Waals surface area contributed by atoms with E-state index in [9.17, 15) is 5.26 Å². The summed E-state index contributed by atoms with van der Waals surface area (Å²) in [5.41, 5.74) is 3.50. The van der Waals surface area contributed by atoms with Crippen LogP contribution in [0.5, 0.6) is 0 Å². The number of hydrogen-bond donors (Lipinski definition) is 0. The molecular weight excluding hydrogens is 270 g/mol. The number of hydrogen-bond acceptors (Lipinski definition) is 2. The van der Waals surface area contributed by atoms with Crippen molar-refractivity contribution in [2.75, 3.05) is 20.6 Å². The first kappa shape index (κ1) is 15.1. The van der Waals surface area contributed by atoms with Crippen LogP contribution in [0, 0.1) is 17.2 Å². The van der Waals surface area contributed by atoms with Gasteiger partial charge in [-0.3, -0.25) is 0 Å². The zero-order valence-corrected chi connectivity index (χ0v) is 13.8. The second kappa shape index (κ2) is 6.14. The molecule has 22 heavy (non-hydrogen) atoms. The van der Waals surface area contributed by atoms with Gasteiger partial charge in [-0.1, -0.05) is 6.42 Å². The highest BCUT2D eigenvalue weighted by Gasteiger charge is 2.31. The van der Waals surface area contributed by atoms with E-state index < -0.39 is 0 Å². The first-order chi connectivity index (χ1) is 10.6. The molecule has 1 aliphatic rings. The van der Waals surface area contributed by atoms with Crippen LogP contribution in [-0.2, 0) is 6.54 Å². The van der Waals surface area contributed by atoms with Crippen molar-refractivity contribution in [3.63, 3.8) is 0 Å². The zero-order chi connectivity index (χ0) is 15.7. The normalized spacial score (nSPS) is 21.6. The molecule has 0 amide bonds. The Hall–Kier alpha value is -1.79. The van der Waals surface area contributed by atoms with Gasteiger partial charge in [0.05, 0.1) is 11.6 Å². The maximum Gasteiger partial charge on any atom is 0.0991 e. The van der Waals surface area contributed by atoms with Crippen LogP contribution in [0.3, 0.4) is 0 Å². The van der Waals surface area contributed by atoms with E-state index in [4.69, 9.17) is 0 Å². The molecule has 2 aromatic rings. The van der Waals surface area contributed by atoms with Gasteiger partial charge < -0.3 is 9.47 Å². The van der Waals surface area contributed by atoms with Gasteiger partial charge in [-0.05, 0) is 69.5 Å². The molecular formula is C19H25N3. The molecule has 0 unspecified atom stereocenters. The molecule has 0 N–H and O–H groups in total. The van der Waals surface area contributed by atoms with Crippen molar-refractivity contribution in [1.29, 1.82) is 5.26 Å². The third-order valence-corrected chi connectivity index (χ3v) is 5.04. The van der Waals surface area contributed by atoms with Gasteiger partial charge in [0.25, 0.3) is 0 Å². The Balaban J connectivity index is 2.07. The third-order valence-electron chi connectivity index (χ3n) is 5.04. The van der Waals surface area contributed by atoms with Gasteiger partial charge in [0.15, 0.2) is 0 Å². The van der Waals surface area contributed by atoms with E-state index in [1.54, 1.807) is 0 Å². The Labute approximate surface area is 133 Å². The van der Waals surface area contributed by atoms with Gasteiger partial charge in [-0.25, -0.2) is 0 Å². The fourth-order valence-electron chi connectivity index (χ4n) is 4.09.